The van der Waals surface area contributed by atoms with Crippen molar-refractivity contribution >= 4 is 11.9 Å². The second-order valence-electron chi connectivity index (χ2n) is 6.25. The molecule has 0 N–H and O–H groups in total. The van der Waals surface area contributed by atoms with Crippen LogP contribution in [-0.4, -0.2) is 30.4 Å². The first kappa shape index (κ1) is 17.1. The summed E-state index contributed by atoms with van der Waals surface area (Å²) in [6, 6.07) is 15.6. The summed E-state index contributed by atoms with van der Waals surface area (Å²) in [6.07, 6.45) is 0.207. The fourth-order valence-corrected chi connectivity index (χ4v) is 3.33. The zero-order valence-electron chi connectivity index (χ0n) is 14.0. The summed E-state index contributed by atoms with van der Waals surface area (Å²) in [5.74, 6) is -1.46. The Kier molecular flexibility index (Phi) is 5.12. The topological polar surface area (TPSA) is 46.6 Å². The minimum absolute atomic E-state index is 0.0154. The largest absolute Gasteiger partial charge is 0.469 e. The van der Waals surface area contributed by atoms with E-state index in [1.54, 1.807) is 17.0 Å². The summed E-state index contributed by atoms with van der Waals surface area (Å²) in [7, 11) is 1.35. The van der Waals surface area contributed by atoms with E-state index in [0.717, 1.165) is 11.1 Å². The summed E-state index contributed by atoms with van der Waals surface area (Å²) in [6.45, 7) is 0.756. The van der Waals surface area contributed by atoms with Gasteiger partial charge in [-0.25, -0.2) is 4.39 Å². The van der Waals surface area contributed by atoms with Crippen LogP contribution >= 0.6 is 0 Å². The number of methoxy groups -OCH3 is 1. The highest BCUT2D eigenvalue weighted by molar-refractivity contribution is 5.83. The molecule has 1 amide bonds. The molecule has 1 heterocycles. The monoisotopic (exact) mass is 341 g/mol. The number of carbonyl (C=O) groups excluding carboxylic acids is 2. The fraction of sp³-hybridized carbons (Fsp3) is 0.300. The molecule has 0 radical (unpaired) electrons. The molecule has 0 unspecified atom stereocenters. The molecule has 0 spiro atoms. The number of esters is 1. The molecular formula is C20H20FNO3. The number of likely N-dealkylation sites (tertiary alicyclic amines) is 1. The quantitative estimate of drug-likeness (QED) is 0.803. The van der Waals surface area contributed by atoms with Crippen molar-refractivity contribution in [2.75, 3.05) is 13.7 Å². The van der Waals surface area contributed by atoms with Crippen LogP contribution in [0.2, 0.25) is 0 Å². The van der Waals surface area contributed by atoms with Crippen LogP contribution < -0.4 is 0 Å². The maximum atomic E-state index is 13.2. The van der Waals surface area contributed by atoms with Gasteiger partial charge in [0.2, 0.25) is 5.91 Å². The molecule has 2 aromatic carbocycles. The fourth-order valence-electron chi connectivity index (χ4n) is 3.33. The van der Waals surface area contributed by atoms with Crippen molar-refractivity contribution in [3.05, 3.63) is 71.5 Å². The average molecular weight is 341 g/mol. The molecule has 1 saturated heterocycles. The van der Waals surface area contributed by atoms with Gasteiger partial charge in [-0.15, -0.1) is 0 Å². The molecule has 25 heavy (non-hydrogen) atoms. The third-order valence-corrected chi connectivity index (χ3v) is 4.67. The predicted octanol–water partition coefficient (Wildman–Crippen LogP) is 3.13. The third-order valence-electron chi connectivity index (χ3n) is 4.67. The van der Waals surface area contributed by atoms with Gasteiger partial charge in [-0.1, -0.05) is 42.5 Å². The first-order chi connectivity index (χ1) is 12.1. The Balaban J connectivity index is 1.83. The Morgan fingerprint density at radius 2 is 1.84 bits per heavy atom. The van der Waals surface area contributed by atoms with Crippen LogP contribution in [0.3, 0.4) is 0 Å². The molecule has 0 saturated carbocycles. The van der Waals surface area contributed by atoms with E-state index in [2.05, 4.69) is 0 Å². The number of carbonyl (C=O) groups is 2. The highest BCUT2D eigenvalue weighted by Gasteiger charge is 2.39. The summed E-state index contributed by atoms with van der Waals surface area (Å²) in [4.78, 5) is 26.6. The second-order valence-corrected chi connectivity index (χ2v) is 6.25. The van der Waals surface area contributed by atoms with Crippen LogP contribution in [0.25, 0.3) is 0 Å². The van der Waals surface area contributed by atoms with E-state index in [9.17, 15) is 14.0 Å². The number of nitrogens with zero attached hydrogens (tertiary/aromatic N) is 1. The van der Waals surface area contributed by atoms with Crippen LogP contribution in [0.5, 0.6) is 0 Å². The summed E-state index contributed by atoms with van der Waals surface area (Å²) < 4.78 is 18.1. The maximum Gasteiger partial charge on any atom is 0.311 e. The summed E-state index contributed by atoms with van der Waals surface area (Å²) >= 11 is 0. The van der Waals surface area contributed by atoms with E-state index in [-0.39, 0.29) is 30.0 Å². The van der Waals surface area contributed by atoms with Gasteiger partial charge in [-0.05, 0) is 23.3 Å². The number of piperidine rings is 1. The van der Waals surface area contributed by atoms with Crippen molar-refractivity contribution in [3.8, 4) is 0 Å². The Labute approximate surface area is 146 Å². The molecule has 0 bridgehead atoms. The zero-order valence-corrected chi connectivity index (χ0v) is 14.0. The van der Waals surface area contributed by atoms with Gasteiger partial charge in [0.25, 0.3) is 0 Å². The normalized spacial score (nSPS) is 20.4. The minimum Gasteiger partial charge on any atom is -0.469 e. The number of hydrogen-bond donors (Lipinski definition) is 0. The lowest BCUT2D eigenvalue weighted by Crippen LogP contribution is -2.46. The number of benzene rings is 2. The van der Waals surface area contributed by atoms with Gasteiger partial charge in [0, 0.05) is 25.4 Å². The van der Waals surface area contributed by atoms with Crippen molar-refractivity contribution in [2.45, 2.75) is 18.9 Å². The Morgan fingerprint density at radius 3 is 2.48 bits per heavy atom. The van der Waals surface area contributed by atoms with Crippen molar-refractivity contribution < 1.29 is 18.7 Å². The molecule has 4 nitrogen and oxygen atoms in total. The molecule has 130 valence electrons. The lowest BCUT2D eigenvalue weighted by molar-refractivity contribution is -0.151. The van der Waals surface area contributed by atoms with Gasteiger partial charge in [0.15, 0.2) is 0 Å². The minimum atomic E-state index is -0.461. The lowest BCUT2D eigenvalue weighted by Gasteiger charge is -2.37. The van der Waals surface area contributed by atoms with Gasteiger partial charge >= 0.3 is 5.97 Å². The van der Waals surface area contributed by atoms with Crippen molar-refractivity contribution in [1.82, 2.24) is 4.90 Å². The van der Waals surface area contributed by atoms with Crippen LogP contribution in [-0.2, 0) is 20.9 Å². The van der Waals surface area contributed by atoms with Crippen LogP contribution in [0.15, 0.2) is 54.6 Å². The molecule has 5 heteroatoms. The molecule has 2 aromatic rings. The number of hydrogen-bond acceptors (Lipinski definition) is 3. The van der Waals surface area contributed by atoms with Crippen LogP contribution in [0.1, 0.15) is 23.5 Å². The molecule has 1 fully saturated rings. The smallest absolute Gasteiger partial charge is 0.311 e. The molecule has 2 atom stereocenters. The SMILES string of the molecule is COC(=O)[C@H]1CN(Cc2ccccc2)C(=O)C[C@@H]1c1ccc(F)cc1. The van der Waals surface area contributed by atoms with Crippen LogP contribution in [0.4, 0.5) is 4.39 Å². The van der Waals surface area contributed by atoms with Gasteiger partial charge in [-0.3, -0.25) is 9.59 Å². The summed E-state index contributed by atoms with van der Waals surface area (Å²) in [5, 5.41) is 0. The van der Waals surface area contributed by atoms with Crippen molar-refractivity contribution in [2.24, 2.45) is 5.92 Å². The zero-order chi connectivity index (χ0) is 17.8. The highest BCUT2D eigenvalue weighted by atomic mass is 19.1. The summed E-state index contributed by atoms with van der Waals surface area (Å²) in [5.41, 5.74) is 1.80. The van der Waals surface area contributed by atoms with E-state index in [0.29, 0.717) is 13.1 Å². The van der Waals surface area contributed by atoms with Crippen molar-refractivity contribution in [1.29, 1.82) is 0 Å². The number of ether oxygens (including phenoxy) is 1. The molecule has 1 aliphatic heterocycles. The molecule has 0 aromatic heterocycles. The van der Waals surface area contributed by atoms with E-state index in [4.69, 9.17) is 4.74 Å². The van der Waals surface area contributed by atoms with Gasteiger partial charge < -0.3 is 9.64 Å². The van der Waals surface area contributed by atoms with E-state index < -0.39 is 5.92 Å². The Morgan fingerprint density at radius 1 is 1.16 bits per heavy atom. The lowest BCUT2D eigenvalue weighted by atomic mass is 9.80. The van der Waals surface area contributed by atoms with Gasteiger partial charge in [0.05, 0.1) is 13.0 Å². The van der Waals surface area contributed by atoms with Crippen LogP contribution in [0, 0.1) is 11.7 Å². The number of rotatable bonds is 4. The number of halogens is 1. The van der Waals surface area contributed by atoms with Gasteiger partial charge in [0.1, 0.15) is 5.82 Å². The first-order valence-electron chi connectivity index (χ1n) is 8.23. The predicted molar refractivity (Wildman–Crippen MR) is 91.1 cm³/mol. The van der Waals surface area contributed by atoms with Crippen molar-refractivity contribution in [3.63, 3.8) is 0 Å². The maximum absolute atomic E-state index is 13.2. The number of amides is 1. The van der Waals surface area contributed by atoms with E-state index >= 15 is 0 Å². The Bertz CT molecular complexity index is 745. The third kappa shape index (κ3) is 3.87. The molecule has 3 rings (SSSR count). The second kappa shape index (κ2) is 7.47. The Hall–Kier alpha value is -2.69. The standard InChI is InChI=1S/C20H20FNO3/c1-25-20(24)18-13-22(12-14-5-3-2-4-6-14)19(23)11-17(18)15-7-9-16(21)10-8-15/h2-10,17-18H,11-13H2,1H3/t17-,18+/m1/s1. The van der Waals surface area contributed by atoms with E-state index in [1.165, 1.54) is 19.2 Å². The molecule has 0 aliphatic carbocycles. The van der Waals surface area contributed by atoms with E-state index in [1.807, 2.05) is 30.3 Å². The highest BCUT2D eigenvalue weighted by Crippen LogP contribution is 2.35. The molecule has 1 aliphatic rings. The first-order valence-corrected chi connectivity index (χ1v) is 8.23. The van der Waals surface area contributed by atoms with Gasteiger partial charge in [-0.2, -0.15) is 0 Å². The average Bonchev–Trinajstić information content (AvgIpc) is 2.64. The molecular weight excluding hydrogens is 321 g/mol.